The molecule has 1 unspecified atom stereocenters. The van der Waals surface area contributed by atoms with Gasteiger partial charge in [-0.15, -0.1) is 11.3 Å². The highest BCUT2D eigenvalue weighted by Crippen LogP contribution is 2.34. The molecule has 2 N–H and O–H groups in total. The Labute approximate surface area is 116 Å². The fourth-order valence-corrected chi connectivity index (χ4v) is 3.63. The van der Waals surface area contributed by atoms with Crippen LogP contribution in [0, 0.1) is 6.92 Å². The molecule has 2 aromatic rings. The third-order valence-electron chi connectivity index (χ3n) is 2.42. The van der Waals surface area contributed by atoms with E-state index in [2.05, 4.69) is 50.9 Å². The Bertz CT molecular complexity index is 488. The molecule has 0 amide bonds. The van der Waals surface area contributed by atoms with E-state index in [4.69, 9.17) is 5.73 Å². The van der Waals surface area contributed by atoms with Crippen molar-refractivity contribution in [1.29, 1.82) is 0 Å². The van der Waals surface area contributed by atoms with Crippen LogP contribution < -0.4 is 5.73 Å². The van der Waals surface area contributed by atoms with Crippen molar-refractivity contribution >= 4 is 43.2 Å². The van der Waals surface area contributed by atoms with Crippen molar-refractivity contribution in [1.82, 2.24) is 0 Å². The SMILES string of the molecule is Cc1sc(C(N)c2ccccc2Br)cc1Br. The van der Waals surface area contributed by atoms with E-state index in [1.807, 2.05) is 18.2 Å². The van der Waals surface area contributed by atoms with Crippen LogP contribution in [0.15, 0.2) is 39.3 Å². The van der Waals surface area contributed by atoms with Gasteiger partial charge in [0.15, 0.2) is 0 Å². The van der Waals surface area contributed by atoms with E-state index in [0.717, 1.165) is 14.5 Å². The molecule has 0 aliphatic heterocycles. The van der Waals surface area contributed by atoms with E-state index >= 15 is 0 Å². The normalized spacial score (nSPS) is 12.8. The first kappa shape index (κ1) is 12.3. The number of thiophene rings is 1. The lowest BCUT2D eigenvalue weighted by atomic mass is 10.1. The van der Waals surface area contributed by atoms with Gasteiger partial charge in [0, 0.05) is 18.7 Å². The third kappa shape index (κ3) is 2.40. The molecule has 0 spiro atoms. The van der Waals surface area contributed by atoms with Gasteiger partial charge < -0.3 is 5.73 Å². The molecule has 0 aliphatic rings. The Morgan fingerprint density at radius 2 is 1.88 bits per heavy atom. The van der Waals surface area contributed by atoms with Gasteiger partial charge in [-0.25, -0.2) is 0 Å². The fourth-order valence-electron chi connectivity index (χ4n) is 1.52. The monoisotopic (exact) mass is 359 g/mol. The molecular formula is C12H11Br2NS. The van der Waals surface area contributed by atoms with Gasteiger partial charge in [0.05, 0.1) is 6.04 Å². The molecule has 1 aromatic heterocycles. The zero-order valence-corrected chi connectivity index (χ0v) is 12.7. The fraction of sp³-hybridized carbons (Fsp3) is 0.167. The minimum atomic E-state index is -0.0643. The van der Waals surface area contributed by atoms with E-state index in [-0.39, 0.29) is 6.04 Å². The summed E-state index contributed by atoms with van der Waals surface area (Å²) in [5.41, 5.74) is 7.38. The Morgan fingerprint density at radius 3 is 2.44 bits per heavy atom. The first-order valence-corrected chi connectivity index (χ1v) is 7.25. The highest BCUT2D eigenvalue weighted by molar-refractivity contribution is 9.10. The zero-order valence-electron chi connectivity index (χ0n) is 8.71. The summed E-state index contributed by atoms with van der Waals surface area (Å²) in [5, 5.41) is 0. The maximum atomic E-state index is 6.26. The number of nitrogens with two attached hydrogens (primary N) is 1. The minimum Gasteiger partial charge on any atom is -0.320 e. The number of rotatable bonds is 2. The molecule has 4 heteroatoms. The Morgan fingerprint density at radius 1 is 1.19 bits per heavy atom. The highest BCUT2D eigenvalue weighted by atomic mass is 79.9. The first-order valence-electron chi connectivity index (χ1n) is 4.85. The maximum Gasteiger partial charge on any atom is 0.0657 e. The smallest absolute Gasteiger partial charge is 0.0657 e. The van der Waals surface area contributed by atoms with E-state index in [1.54, 1.807) is 11.3 Å². The van der Waals surface area contributed by atoms with E-state index < -0.39 is 0 Å². The van der Waals surface area contributed by atoms with Gasteiger partial charge in [-0.3, -0.25) is 0 Å². The summed E-state index contributed by atoms with van der Waals surface area (Å²) >= 11 is 8.78. The number of hydrogen-bond acceptors (Lipinski definition) is 2. The van der Waals surface area contributed by atoms with Crippen LogP contribution >= 0.6 is 43.2 Å². The van der Waals surface area contributed by atoms with Gasteiger partial charge >= 0.3 is 0 Å². The molecule has 0 fully saturated rings. The van der Waals surface area contributed by atoms with Gasteiger partial charge in [0.25, 0.3) is 0 Å². The predicted octanol–water partition coefficient (Wildman–Crippen LogP) is 4.63. The molecule has 1 atom stereocenters. The van der Waals surface area contributed by atoms with Gasteiger partial charge in [0.1, 0.15) is 0 Å². The summed E-state index contributed by atoms with van der Waals surface area (Å²) in [6.07, 6.45) is 0. The second kappa shape index (κ2) is 5.00. The van der Waals surface area contributed by atoms with Gasteiger partial charge in [0.2, 0.25) is 0 Å². The molecule has 0 radical (unpaired) electrons. The molecule has 0 saturated heterocycles. The topological polar surface area (TPSA) is 26.0 Å². The predicted molar refractivity (Wildman–Crippen MR) is 76.9 cm³/mol. The number of halogens is 2. The molecule has 2 rings (SSSR count). The van der Waals surface area contributed by atoms with Crippen molar-refractivity contribution in [2.75, 3.05) is 0 Å². The molecule has 84 valence electrons. The number of aryl methyl sites for hydroxylation is 1. The second-order valence-corrected chi connectivity index (χ2v) is 6.55. The lowest BCUT2D eigenvalue weighted by molar-refractivity contribution is 0.887. The Hall–Kier alpha value is -0.160. The second-order valence-electron chi connectivity index (χ2n) is 3.55. The number of hydrogen-bond donors (Lipinski definition) is 1. The van der Waals surface area contributed by atoms with Crippen LogP contribution in [0.2, 0.25) is 0 Å². The summed E-state index contributed by atoms with van der Waals surface area (Å²) in [5.74, 6) is 0. The zero-order chi connectivity index (χ0) is 11.7. The minimum absolute atomic E-state index is 0.0643. The van der Waals surface area contributed by atoms with Crippen molar-refractivity contribution in [3.8, 4) is 0 Å². The van der Waals surface area contributed by atoms with Gasteiger partial charge in [-0.05, 0) is 40.5 Å². The van der Waals surface area contributed by atoms with Crippen molar-refractivity contribution in [2.24, 2.45) is 5.73 Å². The largest absolute Gasteiger partial charge is 0.320 e. The van der Waals surface area contributed by atoms with Crippen molar-refractivity contribution in [2.45, 2.75) is 13.0 Å². The standard InChI is InChI=1S/C12H11Br2NS/c1-7-10(14)6-11(16-7)12(15)8-4-2-3-5-9(8)13/h2-6,12H,15H2,1H3. The Balaban J connectivity index is 2.39. The van der Waals surface area contributed by atoms with Gasteiger partial charge in [-0.1, -0.05) is 34.1 Å². The summed E-state index contributed by atoms with van der Waals surface area (Å²) in [7, 11) is 0. The van der Waals surface area contributed by atoms with Crippen LogP contribution in [0.25, 0.3) is 0 Å². The maximum absolute atomic E-state index is 6.26. The van der Waals surface area contributed by atoms with E-state index in [1.165, 1.54) is 9.75 Å². The van der Waals surface area contributed by atoms with Crippen molar-refractivity contribution < 1.29 is 0 Å². The van der Waals surface area contributed by atoms with Crippen molar-refractivity contribution in [3.05, 3.63) is 54.6 Å². The van der Waals surface area contributed by atoms with Crippen molar-refractivity contribution in [3.63, 3.8) is 0 Å². The molecule has 1 aromatic carbocycles. The number of benzene rings is 1. The summed E-state index contributed by atoms with van der Waals surface area (Å²) in [6.45, 7) is 2.09. The molecule has 0 bridgehead atoms. The lowest BCUT2D eigenvalue weighted by Gasteiger charge is -2.11. The van der Waals surface area contributed by atoms with Crippen LogP contribution in [0.5, 0.6) is 0 Å². The summed E-state index contributed by atoms with van der Waals surface area (Å²) in [4.78, 5) is 2.44. The Kier molecular flexibility index (Phi) is 3.85. The quantitative estimate of drug-likeness (QED) is 0.830. The third-order valence-corrected chi connectivity index (χ3v) is 5.36. The molecule has 16 heavy (non-hydrogen) atoms. The van der Waals surface area contributed by atoms with Crippen LogP contribution in [0.1, 0.15) is 21.4 Å². The molecular weight excluding hydrogens is 350 g/mol. The van der Waals surface area contributed by atoms with Gasteiger partial charge in [-0.2, -0.15) is 0 Å². The van der Waals surface area contributed by atoms with Crippen LogP contribution in [0.3, 0.4) is 0 Å². The van der Waals surface area contributed by atoms with Crippen LogP contribution in [0.4, 0.5) is 0 Å². The highest BCUT2D eigenvalue weighted by Gasteiger charge is 2.15. The molecule has 0 aliphatic carbocycles. The molecule has 0 saturated carbocycles. The van der Waals surface area contributed by atoms with E-state index in [9.17, 15) is 0 Å². The van der Waals surface area contributed by atoms with Crippen LogP contribution in [-0.4, -0.2) is 0 Å². The molecule has 1 nitrogen and oxygen atoms in total. The first-order chi connectivity index (χ1) is 7.59. The summed E-state index contributed by atoms with van der Waals surface area (Å²) < 4.78 is 2.19. The molecule has 1 heterocycles. The lowest BCUT2D eigenvalue weighted by Crippen LogP contribution is -2.10. The average Bonchev–Trinajstić information content (AvgIpc) is 2.59. The summed E-state index contributed by atoms with van der Waals surface area (Å²) in [6, 6.07) is 10.1. The van der Waals surface area contributed by atoms with E-state index in [0.29, 0.717) is 0 Å². The average molecular weight is 361 g/mol. The van der Waals surface area contributed by atoms with Crippen LogP contribution in [-0.2, 0) is 0 Å².